The summed E-state index contributed by atoms with van der Waals surface area (Å²) in [7, 11) is 1.65. The lowest BCUT2D eigenvalue weighted by Gasteiger charge is -2.36. The summed E-state index contributed by atoms with van der Waals surface area (Å²) in [6.45, 7) is 2.55. The summed E-state index contributed by atoms with van der Waals surface area (Å²) < 4.78 is 19.1. The fraction of sp³-hybridized carbons (Fsp3) is 0.192. The molecule has 6 heteroatoms. The first-order valence-electron chi connectivity index (χ1n) is 10.6. The number of nitrogens with zero attached hydrogens (tertiary/aromatic N) is 1. The Morgan fingerprint density at radius 2 is 1.84 bits per heavy atom. The Balaban J connectivity index is 1.57. The molecule has 1 aromatic heterocycles. The zero-order valence-corrected chi connectivity index (χ0v) is 18.0. The molecule has 1 aliphatic heterocycles. The van der Waals surface area contributed by atoms with Crippen LogP contribution in [0, 0.1) is 12.7 Å². The number of ether oxygens (including phenoxy) is 1. The van der Waals surface area contributed by atoms with Crippen LogP contribution in [0.15, 0.2) is 66.7 Å². The van der Waals surface area contributed by atoms with Gasteiger partial charge < -0.3 is 19.9 Å². The molecule has 5 nitrogen and oxygen atoms in total. The molecular formula is C26H24FN3O2. The fourth-order valence-electron chi connectivity index (χ4n) is 4.44. The highest BCUT2D eigenvalue weighted by atomic mass is 19.1. The summed E-state index contributed by atoms with van der Waals surface area (Å²) in [6.07, 6.45) is 0.710. The second kappa shape index (κ2) is 8.04. The largest absolute Gasteiger partial charge is 0.497 e. The minimum Gasteiger partial charge on any atom is -0.497 e. The number of urea groups is 1. The summed E-state index contributed by atoms with van der Waals surface area (Å²) in [5.74, 6) is 0.485. The lowest BCUT2D eigenvalue weighted by Crippen LogP contribution is -2.43. The Kier molecular flexibility index (Phi) is 5.05. The highest BCUT2D eigenvalue weighted by Crippen LogP contribution is 2.39. The molecule has 1 atom stereocenters. The van der Waals surface area contributed by atoms with E-state index < -0.39 is 0 Å². The van der Waals surface area contributed by atoms with Gasteiger partial charge in [-0.3, -0.25) is 0 Å². The number of amides is 2. The molecule has 0 saturated heterocycles. The van der Waals surface area contributed by atoms with Crippen LogP contribution in [-0.2, 0) is 6.42 Å². The van der Waals surface area contributed by atoms with E-state index in [4.69, 9.17) is 4.74 Å². The minimum absolute atomic E-state index is 0.190. The van der Waals surface area contributed by atoms with Crippen molar-refractivity contribution in [3.8, 4) is 5.75 Å². The van der Waals surface area contributed by atoms with Gasteiger partial charge >= 0.3 is 6.03 Å². The summed E-state index contributed by atoms with van der Waals surface area (Å²) >= 11 is 0. The minimum atomic E-state index is -0.358. The number of hydrogen-bond donors (Lipinski definition) is 2. The normalized spacial score (nSPS) is 15.5. The van der Waals surface area contributed by atoms with Crippen molar-refractivity contribution in [3.05, 3.63) is 94.9 Å². The van der Waals surface area contributed by atoms with Gasteiger partial charge in [0.1, 0.15) is 11.6 Å². The number of carbonyl (C=O) groups excluding carboxylic acids is 1. The Morgan fingerprint density at radius 3 is 2.56 bits per heavy atom. The molecule has 0 saturated carbocycles. The number of rotatable bonds is 3. The number of hydrogen-bond acceptors (Lipinski definition) is 2. The average Bonchev–Trinajstić information content (AvgIpc) is 3.18. The molecule has 0 spiro atoms. The number of halogens is 1. The standard InChI is InChI=1S/C26H24FN3O2/c1-16-3-9-19(10-4-16)28-26(31)30-14-13-21-22-15-20(32-2)11-12-23(22)29-24(21)25(30)17-5-7-18(27)8-6-17/h3-12,15,25,29H,13-14H2,1-2H3,(H,28,31)/t25-/m0/s1. The zero-order valence-electron chi connectivity index (χ0n) is 18.0. The smallest absolute Gasteiger partial charge is 0.322 e. The molecule has 2 amide bonds. The van der Waals surface area contributed by atoms with Crippen LogP contribution in [0.4, 0.5) is 14.9 Å². The summed E-state index contributed by atoms with van der Waals surface area (Å²) in [4.78, 5) is 18.7. The maximum absolute atomic E-state index is 13.7. The van der Waals surface area contributed by atoms with Crippen molar-refractivity contribution in [1.29, 1.82) is 0 Å². The van der Waals surface area contributed by atoms with Crippen LogP contribution < -0.4 is 10.1 Å². The van der Waals surface area contributed by atoms with Crippen LogP contribution >= 0.6 is 0 Å². The van der Waals surface area contributed by atoms with E-state index in [1.54, 1.807) is 19.2 Å². The lowest BCUT2D eigenvalue weighted by molar-refractivity contribution is 0.193. The highest BCUT2D eigenvalue weighted by molar-refractivity contribution is 5.92. The van der Waals surface area contributed by atoms with Crippen molar-refractivity contribution in [2.75, 3.05) is 19.0 Å². The summed E-state index contributed by atoms with van der Waals surface area (Å²) in [6, 6.07) is 19.5. The van der Waals surface area contributed by atoms with Crippen molar-refractivity contribution in [3.63, 3.8) is 0 Å². The number of methoxy groups -OCH3 is 1. The molecule has 2 heterocycles. The Hall–Kier alpha value is -3.80. The van der Waals surface area contributed by atoms with Crippen LogP contribution in [0.25, 0.3) is 10.9 Å². The van der Waals surface area contributed by atoms with E-state index in [2.05, 4.69) is 10.3 Å². The molecule has 5 rings (SSSR count). The molecule has 2 N–H and O–H groups in total. The van der Waals surface area contributed by atoms with Crippen LogP contribution in [0.5, 0.6) is 5.75 Å². The summed E-state index contributed by atoms with van der Waals surface area (Å²) in [5, 5.41) is 4.10. The van der Waals surface area contributed by atoms with Crippen molar-refractivity contribution in [1.82, 2.24) is 9.88 Å². The fourth-order valence-corrected chi connectivity index (χ4v) is 4.44. The third-order valence-corrected chi connectivity index (χ3v) is 6.08. The van der Waals surface area contributed by atoms with Gasteiger partial charge in [-0.05, 0) is 66.9 Å². The number of H-pyrrole nitrogens is 1. The van der Waals surface area contributed by atoms with E-state index in [9.17, 15) is 9.18 Å². The van der Waals surface area contributed by atoms with Gasteiger partial charge in [0.05, 0.1) is 13.2 Å². The van der Waals surface area contributed by atoms with Crippen molar-refractivity contribution < 1.29 is 13.9 Å². The molecule has 4 aromatic rings. The van der Waals surface area contributed by atoms with Crippen LogP contribution in [-0.4, -0.2) is 29.6 Å². The maximum Gasteiger partial charge on any atom is 0.322 e. The topological polar surface area (TPSA) is 57.4 Å². The van der Waals surface area contributed by atoms with E-state index in [0.29, 0.717) is 13.0 Å². The number of aromatic amines is 1. The van der Waals surface area contributed by atoms with E-state index in [0.717, 1.165) is 44.7 Å². The quantitative estimate of drug-likeness (QED) is 0.432. The number of aryl methyl sites for hydroxylation is 1. The second-order valence-electron chi connectivity index (χ2n) is 8.12. The number of anilines is 1. The third kappa shape index (κ3) is 3.58. The van der Waals surface area contributed by atoms with Gasteiger partial charge in [-0.2, -0.15) is 0 Å². The van der Waals surface area contributed by atoms with Gasteiger partial charge in [-0.1, -0.05) is 29.8 Å². The van der Waals surface area contributed by atoms with E-state index in [-0.39, 0.29) is 17.9 Å². The molecule has 32 heavy (non-hydrogen) atoms. The number of nitrogens with one attached hydrogen (secondary N) is 2. The summed E-state index contributed by atoms with van der Waals surface area (Å²) in [5.41, 5.74) is 5.82. The van der Waals surface area contributed by atoms with Crippen LogP contribution in [0.3, 0.4) is 0 Å². The Bertz CT molecular complexity index is 1280. The second-order valence-corrected chi connectivity index (χ2v) is 8.12. The number of benzene rings is 3. The monoisotopic (exact) mass is 429 g/mol. The van der Waals surface area contributed by atoms with Gasteiger partial charge in [-0.25, -0.2) is 9.18 Å². The predicted octanol–water partition coefficient (Wildman–Crippen LogP) is 5.80. The van der Waals surface area contributed by atoms with Gasteiger partial charge in [-0.15, -0.1) is 0 Å². The average molecular weight is 429 g/mol. The molecule has 0 fully saturated rings. The van der Waals surface area contributed by atoms with Crippen molar-refractivity contribution >= 4 is 22.6 Å². The van der Waals surface area contributed by atoms with Crippen LogP contribution in [0.2, 0.25) is 0 Å². The van der Waals surface area contributed by atoms with Gasteiger partial charge in [0.15, 0.2) is 0 Å². The molecule has 0 radical (unpaired) electrons. The maximum atomic E-state index is 13.7. The van der Waals surface area contributed by atoms with Gasteiger partial charge in [0, 0.05) is 28.8 Å². The number of aromatic nitrogens is 1. The molecule has 0 aliphatic carbocycles. The molecule has 0 unspecified atom stereocenters. The first-order valence-corrected chi connectivity index (χ1v) is 10.6. The highest BCUT2D eigenvalue weighted by Gasteiger charge is 2.34. The van der Waals surface area contributed by atoms with Crippen LogP contribution in [0.1, 0.15) is 28.4 Å². The van der Waals surface area contributed by atoms with Gasteiger partial charge in [0.25, 0.3) is 0 Å². The first kappa shape index (κ1) is 20.1. The Morgan fingerprint density at radius 1 is 1.09 bits per heavy atom. The number of fused-ring (bicyclic) bond motifs is 3. The third-order valence-electron chi connectivity index (χ3n) is 6.08. The molecular weight excluding hydrogens is 405 g/mol. The lowest BCUT2D eigenvalue weighted by atomic mass is 9.92. The van der Waals surface area contributed by atoms with Crippen molar-refractivity contribution in [2.45, 2.75) is 19.4 Å². The molecule has 3 aromatic carbocycles. The zero-order chi connectivity index (χ0) is 22.2. The van der Waals surface area contributed by atoms with Gasteiger partial charge in [0.2, 0.25) is 0 Å². The number of carbonyl (C=O) groups is 1. The molecule has 0 bridgehead atoms. The predicted molar refractivity (Wildman–Crippen MR) is 124 cm³/mol. The molecule has 1 aliphatic rings. The first-order chi connectivity index (χ1) is 15.5. The Labute approximate surface area is 185 Å². The molecule has 162 valence electrons. The SMILES string of the molecule is COc1ccc2[nH]c3c(c2c1)CCN(C(=O)Nc1ccc(C)cc1)[C@H]3c1ccc(F)cc1. The van der Waals surface area contributed by atoms with E-state index in [1.165, 1.54) is 12.1 Å². The van der Waals surface area contributed by atoms with E-state index >= 15 is 0 Å². The van der Waals surface area contributed by atoms with E-state index in [1.807, 2.05) is 54.3 Å². The van der Waals surface area contributed by atoms with Crippen molar-refractivity contribution in [2.24, 2.45) is 0 Å².